The second-order valence-corrected chi connectivity index (χ2v) is 27.3. The van der Waals surface area contributed by atoms with Gasteiger partial charge in [0.2, 0.25) is 88.6 Å². The number of nitrogens with zero attached hydrogens (tertiary/aromatic N) is 2. The van der Waals surface area contributed by atoms with Crippen LogP contribution in [0.15, 0.2) is 34.3 Å². The van der Waals surface area contributed by atoms with E-state index in [0.29, 0.717) is 5.56 Å². The van der Waals surface area contributed by atoms with Crippen molar-refractivity contribution >= 4 is 131 Å². The number of benzene rings is 1. The molecule has 0 heterocycles. The number of hydrogen-bond donors (Lipinski definition) is 28. The third-order valence-corrected chi connectivity index (χ3v) is 17.2. The van der Waals surface area contributed by atoms with Gasteiger partial charge < -0.3 is 145 Å². The van der Waals surface area contributed by atoms with E-state index in [9.17, 15) is 122 Å². The lowest BCUT2D eigenvalue weighted by Gasteiger charge is -2.29. The molecule has 0 bridgehead atoms. The van der Waals surface area contributed by atoms with Crippen LogP contribution in [0.5, 0.6) is 5.75 Å². The largest absolute Gasteiger partial charge is 0.508 e. The lowest BCUT2D eigenvalue weighted by atomic mass is 9.97. The van der Waals surface area contributed by atoms with Crippen molar-refractivity contribution in [3.05, 3.63) is 29.8 Å². The van der Waals surface area contributed by atoms with Gasteiger partial charge in [0.05, 0.1) is 44.7 Å². The molecule has 1 aromatic carbocycles. The Labute approximate surface area is 665 Å². The third kappa shape index (κ3) is 39.0. The van der Waals surface area contributed by atoms with Gasteiger partial charge in [-0.1, -0.05) is 46.2 Å². The van der Waals surface area contributed by atoms with Crippen molar-refractivity contribution in [2.75, 3.05) is 38.6 Å². The van der Waals surface area contributed by atoms with Gasteiger partial charge in [0.15, 0.2) is 11.9 Å². The molecule has 0 fully saturated rings. The van der Waals surface area contributed by atoms with Crippen LogP contribution in [0.1, 0.15) is 118 Å². The molecule has 33 N–H and O–H groups in total. The number of thiol groups is 1. The van der Waals surface area contributed by atoms with E-state index in [0.717, 1.165) is 20.8 Å². The first-order chi connectivity index (χ1) is 53.8. The molecule has 0 aromatic heterocycles. The van der Waals surface area contributed by atoms with Crippen molar-refractivity contribution in [3.63, 3.8) is 0 Å². The van der Waals surface area contributed by atoms with E-state index in [2.05, 4.69) is 97.0 Å². The number of carboxylic acid groups (broad SMARTS) is 3. The maximum absolute atomic E-state index is 14.3. The summed E-state index contributed by atoms with van der Waals surface area (Å²) in [5.41, 5.74) is 32.9. The fraction of sp³-hybridized carbons (Fsp3) is 0.612. The van der Waals surface area contributed by atoms with Gasteiger partial charge in [-0.15, -0.1) is 0 Å². The normalized spacial score (nSPS) is 15.1. The maximum Gasteiger partial charge on any atom is 0.327 e. The highest BCUT2D eigenvalue weighted by Gasteiger charge is 2.39. The van der Waals surface area contributed by atoms with Crippen LogP contribution in [0.25, 0.3) is 0 Å². The topological polar surface area (TPSA) is 798 Å². The minimum Gasteiger partial charge on any atom is -0.508 e. The minimum atomic E-state index is -2.06. The molecule has 115 heavy (non-hydrogen) atoms. The number of aromatic hydroxyl groups is 1. The smallest absolute Gasteiger partial charge is 0.327 e. The summed E-state index contributed by atoms with van der Waals surface area (Å²) in [5.74, 6) is -23.9. The summed E-state index contributed by atoms with van der Waals surface area (Å²) in [7, 11) is 0. The summed E-state index contributed by atoms with van der Waals surface area (Å²) in [6.45, 7) is 6.16. The molecule has 0 saturated carbocycles. The number of nitrogens with one attached hydrogen (secondary N) is 14. The van der Waals surface area contributed by atoms with Crippen molar-refractivity contribution in [2.45, 2.75) is 210 Å². The molecule has 0 unspecified atom stereocenters. The van der Waals surface area contributed by atoms with Crippen molar-refractivity contribution in [1.29, 1.82) is 0 Å². The number of carbonyl (C=O) groups excluding carboxylic acids is 15. The molecular weight excluding hydrogens is 1540 g/mol. The van der Waals surface area contributed by atoms with Crippen LogP contribution in [0.4, 0.5) is 0 Å². The highest BCUT2D eigenvalue weighted by molar-refractivity contribution is 7.80. The first kappa shape index (κ1) is 101. The molecule has 1 rings (SSSR count). The summed E-state index contributed by atoms with van der Waals surface area (Å²) >= 11 is 3.90. The fourth-order valence-corrected chi connectivity index (χ4v) is 10.5. The van der Waals surface area contributed by atoms with Crippen molar-refractivity contribution in [2.24, 2.45) is 56.2 Å². The minimum absolute atomic E-state index is 0.0425. The zero-order chi connectivity index (χ0) is 87.7. The molecule has 0 spiro atoms. The highest BCUT2D eigenvalue weighted by Crippen LogP contribution is 2.15. The van der Waals surface area contributed by atoms with E-state index in [1.807, 2.05) is 0 Å². The summed E-state index contributed by atoms with van der Waals surface area (Å²) < 4.78 is 0. The van der Waals surface area contributed by atoms with Gasteiger partial charge in [-0.2, -0.15) is 12.6 Å². The predicted octanol–water partition coefficient (Wildman–Crippen LogP) is -11.5. The summed E-state index contributed by atoms with van der Waals surface area (Å²) in [5, 5.41) is 103. The predicted molar refractivity (Wildman–Crippen MR) is 408 cm³/mol. The first-order valence-electron chi connectivity index (χ1n) is 36.1. The van der Waals surface area contributed by atoms with Crippen LogP contribution < -0.4 is 109 Å². The Hall–Kier alpha value is -11.8. The van der Waals surface area contributed by atoms with Gasteiger partial charge in [0.1, 0.15) is 84.3 Å². The average molecular weight is 1660 g/mol. The summed E-state index contributed by atoms with van der Waals surface area (Å²) in [4.78, 5) is 246. The van der Waals surface area contributed by atoms with Crippen molar-refractivity contribution in [3.8, 4) is 5.75 Å². The average Bonchev–Trinajstić information content (AvgIpc) is 0.852. The van der Waals surface area contributed by atoms with Gasteiger partial charge in [-0.25, -0.2) is 4.79 Å². The molecule has 0 radical (unpaired) electrons. The van der Waals surface area contributed by atoms with Crippen LogP contribution in [-0.4, -0.2) is 283 Å². The number of guanidine groups is 2. The molecule has 0 aliphatic heterocycles. The standard InChI is InChI=1S/C67H110N22O25S/c1-8-30(4)50(88-62(110)44(27-91)85-59(107)41(22-34-13-15-35(93)16-14-34)84-56(104)37(11-9-19-74-66(70)71)79-47(95)25-76-54(102)36(68)23-46(69)94)63(111)86-43(26-90)61(109)80-38(12-10-20-75-67(72)73)57(105)89-51(33(7)92)64(112)81-39(17-18-48(96)97)55(103)78-31(5)52(100)77-32(6)53(101)82-42(24-49(98)99)60(108)83-40(21-29(2)3)58(106)87-45(28-115)65(113)114/h13-16,29-33,36-45,50-51,90-93,115H,8-12,17-28,68H2,1-7H3,(H2,69,94)(H,76,102)(H,77,100)(H,78,103)(H,79,95)(H,80,109)(H,81,112)(H,82,101)(H,83,108)(H,84,104)(H,85,107)(H,86,111)(H,87,106)(H,88,110)(H,89,105)(H,96,97)(H,98,99)(H,113,114)(H4,70,71,74)(H4,72,73,75)/t30-,31-,32-,33+,36-,37-,38-,39-,40-,41-,42-,43-,44-,45-,50-,51-/m0/s1. The van der Waals surface area contributed by atoms with Crippen LogP contribution in [0.2, 0.25) is 0 Å². The van der Waals surface area contributed by atoms with E-state index in [1.165, 1.54) is 31.2 Å². The molecule has 644 valence electrons. The van der Waals surface area contributed by atoms with E-state index in [-0.39, 0.29) is 75.0 Å². The SMILES string of the molecule is CC[C@H](C)[C@H](NC(=O)[C@H](CO)NC(=O)[C@H](Cc1ccc(O)cc1)NC(=O)[C@H](CCCN=C(N)N)NC(=O)CNC(=O)[C@@H](N)CC(N)=O)C(=O)N[C@@H](CO)C(=O)N[C@@H](CCCN=C(N)N)C(=O)N[C@H](C(=O)N[C@@H](CCC(=O)O)C(=O)N[C@@H](C)C(=O)N[C@@H](C)C(=O)N[C@@H](CC(=O)O)C(=O)N[C@@H](CC(C)C)C(=O)N[C@@H](CS)C(=O)O)[C@@H](C)O. The van der Waals surface area contributed by atoms with Crippen LogP contribution >= 0.6 is 12.6 Å². The number of carbonyl (C=O) groups is 18. The van der Waals surface area contributed by atoms with Gasteiger partial charge in [-0.3, -0.25) is 91.5 Å². The summed E-state index contributed by atoms with van der Waals surface area (Å²) in [6.07, 6.45) is -6.05. The molecule has 0 aliphatic rings. The van der Waals surface area contributed by atoms with Gasteiger partial charge in [-0.05, 0) is 88.8 Å². The first-order valence-corrected chi connectivity index (χ1v) is 36.7. The number of carboxylic acids is 3. The lowest BCUT2D eigenvalue weighted by molar-refractivity contribution is -0.143. The Bertz CT molecular complexity index is 3600. The zero-order valence-corrected chi connectivity index (χ0v) is 65.3. The monoisotopic (exact) mass is 1650 g/mol. The zero-order valence-electron chi connectivity index (χ0n) is 64.4. The molecule has 16 atom stereocenters. The van der Waals surface area contributed by atoms with E-state index in [4.69, 9.17) is 34.4 Å². The molecular formula is C67H110N22O25S. The highest BCUT2D eigenvalue weighted by atomic mass is 32.1. The number of hydrogen-bond acceptors (Lipinski definition) is 26. The van der Waals surface area contributed by atoms with Crippen molar-refractivity contribution in [1.82, 2.24) is 74.4 Å². The number of phenolic OH excluding ortho intramolecular Hbond substituents is 1. The maximum atomic E-state index is 14.3. The summed E-state index contributed by atoms with van der Waals surface area (Å²) in [6, 6.07) is -18.7. The second-order valence-electron chi connectivity index (χ2n) is 27.0. The quantitative estimate of drug-likeness (QED) is 0.0125. The number of aliphatic imine (C=N–C) groups is 2. The number of aliphatic hydroxyl groups excluding tert-OH is 3. The number of nitrogens with two attached hydrogens (primary N) is 6. The van der Waals surface area contributed by atoms with Gasteiger partial charge in [0.25, 0.3) is 0 Å². The van der Waals surface area contributed by atoms with Crippen LogP contribution in [-0.2, 0) is 92.7 Å². The Morgan fingerprint density at radius 2 is 0.852 bits per heavy atom. The Morgan fingerprint density at radius 3 is 1.34 bits per heavy atom. The van der Waals surface area contributed by atoms with Crippen LogP contribution in [0, 0.1) is 11.8 Å². The Kier molecular flexibility index (Phi) is 45.6. The van der Waals surface area contributed by atoms with Crippen LogP contribution in [0.3, 0.4) is 0 Å². The molecule has 15 amide bonds. The molecule has 0 saturated heterocycles. The number of aliphatic carboxylic acids is 3. The molecule has 0 aliphatic carbocycles. The number of aliphatic hydroxyl groups is 3. The third-order valence-electron chi connectivity index (χ3n) is 16.8. The number of primary amides is 1. The fourth-order valence-electron chi connectivity index (χ4n) is 10.3. The van der Waals surface area contributed by atoms with E-state index in [1.54, 1.807) is 20.8 Å². The molecule has 48 heteroatoms. The van der Waals surface area contributed by atoms with E-state index < -0.39 is 261 Å². The van der Waals surface area contributed by atoms with Gasteiger partial charge >= 0.3 is 17.9 Å². The number of amides is 15. The number of phenols is 1. The Balaban J connectivity index is 3.53. The van der Waals surface area contributed by atoms with Gasteiger partial charge in [0, 0.05) is 31.7 Å². The second kappa shape index (κ2) is 51.8. The van der Waals surface area contributed by atoms with Crippen molar-refractivity contribution < 1.29 is 122 Å². The van der Waals surface area contributed by atoms with E-state index >= 15 is 0 Å². The molecule has 47 nitrogen and oxygen atoms in total. The number of rotatable bonds is 54. The molecule has 1 aromatic rings. The lowest BCUT2D eigenvalue weighted by Crippen LogP contribution is -2.63. The Morgan fingerprint density at radius 1 is 0.452 bits per heavy atom.